The van der Waals surface area contributed by atoms with Crippen molar-refractivity contribution in [3.05, 3.63) is 87.7 Å². The number of hydrogen-bond acceptors (Lipinski definition) is 4. The van der Waals surface area contributed by atoms with E-state index in [0.29, 0.717) is 21.8 Å². The van der Waals surface area contributed by atoms with Gasteiger partial charge in [-0.2, -0.15) is 0 Å². The molecule has 0 fully saturated rings. The quantitative estimate of drug-likeness (QED) is 0.501. The van der Waals surface area contributed by atoms with Crippen LogP contribution < -0.4 is 10.2 Å². The lowest BCUT2D eigenvalue weighted by Gasteiger charge is -2.10. The molecular formula is C20H13ClO4. The molecule has 0 aliphatic rings. The molecule has 4 nitrogen and oxygen atoms in total. The Hall–Kier alpha value is -2.98. The Bertz CT molecular complexity index is 1060. The highest BCUT2D eigenvalue weighted by molar-refractivity contribution is 6.30. The predicted molar refractivity (Wildman–Crippen MR) is 96.0 cm³/mol. The maximum Gasteiger partial charge on any atom is 0.235 e. The van der Waals surface area contributed by atoms with E-state index >= 15 is 0 Å². The fourth-order valence-electron chi connectivity index (χ4n) is 2.56. The summed E-state index contributed by atoms with van der Waals surface area (Å²) in [6, 6.07) is 17.7. The van der Waals surface area contributed by atoms with Gasteiger partial charge in [-0.25, -0.2) is 0 Å². The van der Waals surface area contributed by atoms with Gasteiger partial charge in [0.1, 0.15) is 12.2 Å². The Balaban J connectivity index is 1.80. The van der Waals surface area contributed by atoms with Crippen LogP contribution in [-0.2, 0) is 6.61 Å². The van der Waals surface area contributed by atoms with Gasteiger partial charge >= 0.3 is 0 Å². The number of furan rings is 1. The van der Waals surface area contributed by atoms with Crippen LogP contribution in [0.4, 0.5) is 0 Å². The summed E-state index contributed by atoms with van der Waals surface area (Å²) in [4.78, 5) is 12.9. The predicted octanol–water partition coefficient (Wildman–Crippen LogP) is 5.29. The second-order valence-corrected chi connectivity index (χ2v) is 5.91. The lowest BCUT2D eigenvalue weighted by Crippen LogP contribution is -2.10. The highest BCUT2D eigenvalue weighted by Crippen LogP contribution is 2.31. The molecule has 124 valence electrons. The average molecular weight is 353 g/mol. The molecule has 0 saturated heterocycles. The van der Waals surface area contributed by atoms with Gasteiger partial charge in [0.05, 0.1) is 11.6 Å². The van der Waals surface area contributed by atoms with Gasteiger partial charge < -0.3 is 13.6 Å². The molecule has 0 radical (unpaired) electrons. The minimum atomic E-state index is -0.234. The summed E-state index contributed by atoms with van der Waals surface area (Å²) in [5.41, 5.74) is 1.14. The van der Waals surface area contributed by atoms with Crippen LogP contribution >= 0.6 is 11.6 Å². The van der Waals surface area contributed by atoms with Crippen molar-refractivity contribution in [1.29, 1.82) is 0 Å². The average Bonchev–Trinajstić information content (AvgIpc) is 3.17. The third-order valence-corrected chi connectivity index (χ3v) is 4.05. The maximum absolute atomic E-state index is 12.9. The van der Waals surface area contributed by atoms with E-state index in [0.717, 1.165) is 5.56 Å². The zero-order valence-electron chi connectivity index (χ0n) is 13.1. The minimum Gasteiger partial charge on any atom is -0.481 e. The van der Waals surface area contributed by atoms with Crippen LogP contribution in [0.2, 0.25) is 5.02 Å². The third kappa shape index (κ3) is 3.04. The molecule has 5 heteroatoms. The van der Waals surface area contributed by atoms with Crippen molar-refractivity contribution >= 4 is 22.6 Å². The monoisotopic (exact) mass is 352 g/mol. The molecule has 0 N–H and O–H groups in total. The van der Waals surface area contributed by atoms with Crippen molar-refractivity contribution in [2.24, 2.45) is 0 Å². The van der Waals surface area contributed by atoms with Crippen molar-refractivity contribution in [2.75, 3.05) is 0 Å². The first-order valence-corrected chi connectivity index (χ1v) is 8.07. The second kappa shape index (κ2) is 6.49. The number of halogens is 1. The van der Waals surface area contributed by atoms with Crippen LogP contribution in [0.25, 0.3) is 22.5 Å². The molecule has 0 aliphatic heterocycles. The Kier molecular flexibility index (Phi) is 4.04. The van der Waals surface area contributed by atoms with Gasteiger partial charge in [0.2, 0.25) is 16.9 Å². The van der Waals surface area contributed by atoms with Gasteiger partial charge in [0.25, 0.3) is 0 Å². The molecule has 2 heterocycles. The largest absolute Gasteiger partial charge is 0.481 e. The number of hydrogen-bond donors (Lipinski definition) is 0. The van der Waals surface area contributed by atoms with Crippen molar-refractivity contribution in [2.45, 2.75) is 6.61 Å². The topological polar surface area (TPSA) is 52.6 Å². The molecule has 4 aromatic rings. The molecular weight excluding hydrogens is 340 g/mol. The maximum atomic E-state index is 12.9. The molecule has 2 aromatic heterocycles. The first-order valence-electron chi connectivity index (χ1n) is 7.69. The molecule has 0 aliphatic carbocycles. The standard InChI is InChI=1S/C20H13ClO4/c21-14-9-7-13(8-10-14)12-24-20-18(22)15-4-1-2-5-16(15)25-19(20)17-6-3-11-23-17/h1-11H,12H2. The molecule has 0 bridgehead atoms. The van der Waals surface area contributed by atoms with Crippen LogP contribution in [0.5, 0.6) is 5.75 Å². The van der Waals surface area contributed by atoms with Gasteiger partial charge in [-0.1, -0.05) is 35.9 Å². The van der Waals surface area contributed by atoms with E-state index in [9.17, 15) is 4.79 Å². The first-order chi connectivity index (χ1) is 12.2. The smallest absolute Gasteiger partial charge is 0.235 e. The van der Waals surface area contributed by atoms with E-state index in [-0.39, 0.29) is 23.5 Å². The summed E-state index contributed by atoms with van der Waals surface area (Å²) >= 11 is 5.89. The summed E-state index contributed by atoms with van der Waals surface area (Å²) in [5.74, 6) is 0.847. The molecule has 0 unspecified atom stereocenters. The van der Waals surface area contributed by atoms with E-state index in [1.54, 1.807) is 42.5 Å². The van der Waals surface area contributed by atoms with Crippen molar-refractivity contribution < 1.29 is 13.6 Å². The number of rotatable bonds is 4. The fourth-order valence-corrected chi connectivity index (χ4v) is 2.69. The zero-order valence-corrected chi connectivity index (χ0v) is 13.8. The molecule has 4 rings (SSSR count). The second-order valence-electron chi connectivity index (χ2n) is 5.48. The summed E-state index contributed by atoms with van der Waals surface area (Å²) in [6.07, 6.45) is 1.52. The van der Waals surface area contributed by atoms with E-state index in [4.69, 9.17) is 25.2 Å². The normalized spacial score (nSPS) is 10.9. The molecule has 0 amide bonds. The highest BCUT2D eigenvalue weighted by Gasteiger charge is 2.19. The fraction of sp³-hybridized carbons (Fsp3) is 0.0500. The van der Waals surface area contributed by atoms with Crippen LogP contribution in [0, 0.1) is 0 Å². The lowest BCUT2D eigenvalue weighted by molar-refractivity contribution is 0.296. The Labute approximate surface area is 148 Å². The first kappa shape index (κ1) is 15.5. The molecule has 0 saturated carbocycles. The van der Waals surface area contributed by atoms with Gasteiger partial charge in [0, 0.05) is 5.02 Å². The van der Waals surface area contributed by atoms with Gasteiger partial charge in [-0.05, 0) is 42.0 Å². The SMILES string of the molecule is O=c1c(OCc2ccc(Cl)cc2)c(-c2ccco2)oc2ccccc12. The Morgan fingerprint density at radius 3 is 2.52 bits per heavy atom. The van der Waals surface area contributed by atoms with E-state index < -0.39 is 0 Å². The van der Waals surface area contributed by atoms with E-state index in [1.807, 2.05) is 18.2 Å². The number of para-hydroxylation sites is 1. The Morgan fingerprint density at radius 2 is 1.76 bits per heavy atom. The summed E-state index contributed by atoms with van der Waals surface area (Å²) in [7, 11) is 0. The summed E-state index contributed by atoms with van der Waals surface area (Å²) in [5, 5.41) is 1.11. The summed E-state index contributed by atoms with van der Waals surface area (Å²) < 4.78 is 17.1. The van der Waals surface area contributed by atoms with Gasteiger partial charge in [-0.3, -0.25) is 4.79 Å². The lowest BCUT2D eigenvalue weighted by atomic mass is 10.2. The third-order valence-electron chi connectivity index (χ3n) is 3.80. The number of ether oxygens (including phenoxy) is 1. The highest BCUT2D eigenvalue weighted by atomic mass is 35.5. The zero-order chi connectivity index (χ0) is 17.2. The molecule has 0 spiro atoms. The molecule has 2 aromatic carbocycles. The van der Waals surface area contributed by atoms with E-state index in [1.165, 1.54) is 6.26 Å². The number of benzene rings is 2. The molecule has 0 atom stereocenters. The van der Waals surface area contributed by atoms with Gasteiger partial charge in [0.15, 0.2) is 5.76 Å². The number of fused-ring (bicyclic) bond motifs is 1. The van der Waals surface area contributed by atoms with Crippen molar-refractivity contribution in [3.63, 3.8) is 0 Å². The molecule has 25 heavy (non-hydrogen) atoms. The van der Waals surface area contributed by atoms with E-state index in [2.05, 4.69) is 0 Å². The van der Waals surface area contributed by atoms with Gasteiger partial charge in [-0.15, -0.1) is 0 Å². The van der Waals surface area contributed by atoms with Crippen LogP contribution in [0.1, 0.15) is 5.56 Å². The van der Waals surface area contributed by atoms with Crippen LogP contribution in [0.15, 0.2) is 80.6 Å². The van der Waals surface area contributed by atoms with Crippen LogP contribution in [-0.4, -0.2) is 0 Å². The summed E-state index contributed by atoms with van der Waals surface area (Å²) in [6.45, 7) is 0.216. The van der Waals surface area contributed by atoms with Crippen molar-refractivity contribution in [1.82, 2.24) is 0 Å². The minimum absolute atomic E-state index is 0.128. The van der Waals surface area contributed by atoms with Crippen molar-refractivity contribution in [3.8, 4) is 17.3 Å². The Morgan fingerprint density at radius 1 is 0.960 bits per heavy atom. The van der Waals surface area contributed by atoms with Crippen LogP contribution in [0.3, 0.4) is 0 Å².